The quantitative estimate of drug-likeness (QED) is 0.694. The van der Waals surface area contributed by atoms with E-state index in [1.165, 1.54) is 0 Å². The van der Waals surface area contributed by atoms with E-state index in [4.69, 9.17) is 4.98 Å². The minimum Gasteiger partial charge on any atom is -0.354 e. The average molecular weight is 401 g/mol. The van der Waals surface area contributed by atoms with Gasteiger partial charge in [0.05, 0.1) is 17.8 Å². The lowest BCUT2D eigenvalue weighted by Crippen LogP contribution is -2.39. The van der Waals surface area contributed by atoms with Crippen molar-refractivity contribution in [3.63, 3.8) is 0 Å². The van der Waals surface area contributed by atoms with E-state index in [0.717, 1.165) is 60.9 Å². The molecule has 4 heterocycles. The second kappa shape index (κ2) is 8.06. The summed E-state index contributed by atoms with van der Waals surface area (Å²) in [6.07, 6.45) is 7.85. The van der Waals surface area contributed by atoms with Crippen LogP contribution in [0.2, 0.25) is 0 Å². The summed E-state index contributed by atoms with van der Waals surface area (Å²) in [4.78, 5) is 32.4. The molecule has 2 aliphatic heterocycles. The number of nitrogens with one attached hydrogen (secondary N) is 2. The molecular formula is C22H23N7O. The molecule has 30 heavy (non-hydrogen) atoms. The highest BCUT2D eigenvalue weighted by Gasteiger charge is 2.23. The van der Waals surface area contributed by atoms with Crippen LogP contribution in [0.5, 0.6) is 0 Å². The fraction of sp³-hybridized carbons (Fsp3) is 0.318. The normalized spacial score (nSPS) is 18.1. The smallest absolute Gasteiger partial charge is 0.228 e. The maximum Gasteiger partial charge on any atom is 0.228 e. The molecule has 2 N–H and O–H groups in total. The van der Waals surface area contributed by atoms with E-state index < -0.39 is 0 Å². The van der Waals surface area contributed by atoms with Crippen LogP contribution < -0.4 is 15.5 Å². The van der Waals surface area contributed by atoms with E-state index in [1.54, 1.807) is 18.6 Å². The molecule has 0 bridgehead atoms. The third-order valence-electron chi connectivity index (χ3n) is 5.57. The average Bonchev–Trinajstić information content (AvgIpc) is 2.93. The van der Waals surface area contributed by atoms with E-state index in [0.29, 0.717) is 11.9 Å². The molecule has 0 spiro atoms. The fourth-order valence-electron chi connectivity index (χ4n) is 4.12. The van der Waals surface area contributed by atoms with Gasteiger partial charge in [-0.2, -0.15) is 0 Å². The lowest BCUT2D eigenvalue weighted by atomic mass is 9.98. The number of amides is 1. The number of hydrogen-bond acceptors (Lipinski definition) is 7. The van der Waals surface area contributed by atoms with Crippen molar-refractivity contribution in [1.82, 2.24) is 19.9 Å². The van der Waals surface area contributed by atoms with Crippen LogP contribution in [0, 0.1) is 5.92 Å². The highest BCUT2D eigenvalue weighted by molar-refractivity contribution is 5.99. The van der Waals surface area contributed by atoms with Crippen molar-refractivity contribution in [2.75, 3.05) is 35.2 Å². The van der Waals surface area contributed by atoms with Gasteiger partial charge in [0.15, 0.2) is 0 Å². The Labute approximate surface area is 174 Å². The topological polar surface area (TPSA) is 95.9 Å². The summed E-state index contributed by atoms with van der Waals surface area (Å²) in [5.41, 5.74) is 3.36. The molecule has 5 rings (SSSR count). The number of nitrogens with zero attached hydrogens (tertiary/aromatic N) is 5. The maximum absolute atomic E-state index is 12.2. The van der Waals surface area contributed by atoms with Crippen molar-refractivity contribution in [1.29, 1.82) is 0 Å². The van der Waals surface area contributed by atoms with Gasteiger partial charge in [-0.25, -0.2) is 19.9 Å². The summed E-state index contributed by atoms with van der Waals surface area (Å²) < 4.78 is 0. The first-order valence-corrected chi connectivity index (χ1v) is 10.3. The lowest BCUT2D eigenvalue weighted by molar-refractivity contribution is -0.115. The van der Waals surface area contributed by atoms with Gasteiger partial charge in [-0.3, -0.25) is 4.79 Å². The first kappa shape index (κ1) is 18.5. The van der Waals surface area contributed by atoms with Gasteiger partial charge in [0.2, 0.25) is 17.8 Å². The zero-order valence-corrected chi connectivity index (χ0v) is 16.6. The van der Waals surface area contributed by atoms with Crippen LogP contribution in [0.25, 0.3) is 11.3 Å². The maximum atomic E-state index is 12.2. The van der Waals surface area contributed by atoms with Crippen molar-refractivity contribution in [2.45, 2.75) is 19.3 Å². The van der Waals surface area contributed by atoms with Crippen molar-refractivity contribution < 1.29 is 4.79 Å². The lowest BCUT2D eigenvalue weighted by Gasteiger charge is -2.32. The first-order chi connectivity index (χ1) is 14.8. The van der Waals surface area contributed by atoms with Crippen LogP contribution >= 0.6 is 0 Å². The van der Waals surface area contributed by atoms with Gasteiger partial charge in [0, 0.05) is 49.4 Å². The molecule has 1 saturated heterocycles. The monoisotopic (exact) mass is 401 g/mol. The SMILES string of the molecule is O=C1Cc2cnc(NCC3CCCN(c4ncccn4)C3)nc2-c2ccccc2N1. The minimum atomic E-state index is -0.0454. The van der Waals surface area contributed by atoms with Crippen LogP contribution in [0.15, 0.2) is 48.9 Å². The van der Waals surface area contributed by atoms with Gasteiger partial charge in [0.1, 0.15) is 0 Å². The largest absolute Gasteiger partial charge is 0.354 e. The number of piperidine rings is 1. The highest BCUT2D eigenvalue weighted by atomic mass is 16.1. The molecule has 0 radical (unpaired) electrons. The Kier molecular flexibility index (Phi) is 4.96. The Bertz CT molecular complexity index is 1060. The number of para-hydroxylation sites is 1. The molecule has 1 unspecified atom stereocenters. The molecule has 8 heteroatoms. The van der Waals surface area contributed by atoms with Crippen molar-refractivity contribution in [3.8, 4) is 11.3 Å². The Morgan fingerprint density at radius 1 is 1.13 bits per heavy atom. The first-order valence-electron chi connectivity index (χ1n) is 10.3. The number of aromatic nitrogens is 4. The Balaban J connectivity index is 1.31. The van der Waals surface area contributed by atoms with E-state index >= 15 is 0 Å². The van der Waals surface area contributed by atoms with E-state index in [2.05, 4.69) is 30.5 Å². The van der Waals surface area contributed by atoms with Crippen molar-refractivity contribution in [3.05, 3.63) is 54.5 Å². The summed E-state index contributed by atoms with van der Waals surface area (Å²) in [7, 11) is 0. The summed E-state index contributed by atoms with van der Waals surface area (Å²) in [6.45, 7) is 2.66. The molecule has 152 valence electrons. The molecule has 1 fully saturated rings. The predicted molar refractivity (Wildman–Crippen MR) is 115 cm³/mol. The molecule has 1 aromatic carbocycles. The third kappa shape index (κ3) is 3.80. The Hall–Kier alpha value is -3.55. The molecule has 3 aromatic rings. The van der Waals surface area contributed by atoms with Crippen LogP contribution in [0.1, 0.15) is 18.4 Å². The summed E-state index contributed by atoms with van der Waals surface area (Å²) in [6, 6.07) is 9.59. The number of carbonyl (C=O) groups is 1. The Morgan fingerprint density at radius 2 is 2.00 bits per heavy atom. The number of hydrogen-bond donors (Lipinski definition) is 2. The molecule has 2 aliphatic rings. The van der Waals surface area contributed by atoms with E-state index in [1.807, 2.05) is 30.3 Å². The summed E-state index contributed by atoms with van der Waals surface area (Å²) in [5.74, 6) is 1.79. The number of fused-ring (bicyclic) bond motifs is 3. The predicted octanol–water partition coefficient (Wildman–Crippen LogP) is 2.76. The Morgan fingerprint density at radius 3 is 2.90 bits per heavy atom. The van der Waals surface area contributed by atoms with Gasteiger partial charge in [-0.1, -0.05) is 18.2 Å². The summed E-state index contributed by atoms with van der Waals surface area (Å²) in [5, 5.41) is 6.35. The fourth-order valence-corrected chi connectivity index (χ4v) is 4.12. The standard InChI is InChI=1S/C22H23N7O/c30-19-11-16-13-26-21(28-20(16)17-6-1-2-7-18(17)27-19)25-12-15-5-3-10-29(14-15)22-23-8-4-9-24-22/h1-2,4,6-9,13,15H,3,5,10-12,14H2,(H,27,30)(H,25,26,28). The zero-order chi connectivity index (χ0) is 20.3. The van der Waals surface area contributed by atoms with Crippen LogP contribution in [0.3, 0.4) is 0 Å². The molecule has 0 aliphatic carbocycles. The third-order valence-corrected chi connectivity index (χ3v) is 5.57. The van der Waals surface area contributed by atoms with Crippen LogP contribution in [0.4, 0.5) is 17.6 Å². The van der Waals surface area contributed by atoms with Gasteiger partial charge in [-0.05, 0) is 30.9 Å². The molecule has 2 aromatic heterocycles. The number of carbonyl (C=O) groups excluding carboxylic acids is 1. The van der Waals surface area contributed by atoms with Gasteiger partial charge in [-0.15, -0.1) is 0 Å². The van der Waals surface area contributed by atoms with Crippen LogP contribution in [-0.4, -0.2) is 45.5 Å². The molecule has 1 atom stereocenters. The second-order valence-corrected chi connectivity index (χ2v) is 7.72. The molecule has 1 amide bonds. The number of rotatable bonds is 4. The van der Waals surface area contributed by atoms with Crippen LogP contribution in [-0.2, 0) is 11.2 Å². The van der Waals surface area contributed by atoms with E-state index in [-0.39, 0.29) is 12.3 Å². The van der Waals surface area contributed by atoms with E-state index in [9.17, 15) is 4.79 Å². The van der Waals surface area contributed by atoms with Gasteiger partial charge >= 0.3 is 0 Å². The van der Waals surface area contributed by atoms with Gasteiger partial charge in [0.25, 0.3) is 0 Å². The molecule has 8 nitrogen and oxygen atoms in total. The molecular weight excluding hydrogens is 378 g/mol. The number of benzene rings is 1. The second-order valence-electron chi connectivity index (χ2n) is 7.72. The summed E-state index contributed by atoms with van der Waals surface area (Å²) >= 11 is 0. The molecule has 0 saturated carbocycles. The van der Waals surface area contributed by atoms with Crippen molar-refractivity contribution >= 4 is 23.5 Å². The van der Waals surface area contributed by atoms with Gasteiger partial charge < -0.3 is 15.5 Å². The minimum absolute atomic E-state index is 0.0454. The van der Waals surface area contributed by atoms with Crippen molar-refractivity contribution in [2.24, 2.45) is 5.92 Å². The highest BCUT2D eigenvalue weighted by Crippen LogP contribution is 2.32. The zero-order valence-electron chi connectivity index (χ0n) is 16.6. The number of anilines is 3.